The number of para-hydroxylation sites is 1. The number of hydrogen-bond donors (Lipinski definition) is 0. The van der Waals surface area contributed by atoms with Crippen molar-refractivity contribution in [2.75, 3.05) is 7.11 Å². The Morgan fingerprint density at radius 1 is 0.871 bits per heavy atom. The van der Waals surface area contributed by atoms with Crippen molar-refractivity contribution in [3.05, 3.63) is 113 Å². The molecule has 31 heavy (non-hydrogen) atoms. The van der Waals surface area contributed by atoms with Crippen LogP contribution in [0.1, 0.15) is 16.1 Å². The minimum atomic E-state index is -0.546. The number of ether oxygens (including phenoxy) is 1. The maximum atomic E-state index is 13.8. The molecule has 0 aliphatic carbocycles. The smallest absolute Gasteiger partial charge is 0.355 e. The van der Waals surface area contributed by atoms with E-state index in [1.165, 1.54) is 11.5 Å². The van der Waals surface area contributed by atoms with Gasteiger partial charge in [0.1, 0.15) is 5.69 Å². The SMILES string of the molecule is COC(=O)c1cc(-c2ccccc2)c2c3ccccc3n(Cc3ccccc3)c(=O)n12. The van der Waals surface area contributed by atoms with Crippen molar-refractivity contribution < 1.29 is 9.53 Å². The van der Waals surface area contributed by atoms with Gasteiger partial charge in [0.05, 0.1) is 24.7 Å². The molecule has 0 aliphatic heterocycles. The van der Waals surface area contributed by atoms with Gasteiger partial charge in [-0.05, 0) is 23.3 Å². The summed E-state index contributed by atoms with van der Waals surface area (Å²) in [4.78, 5) is 26.4. The summed E-state index contributed by atoms with van der Waals surface area (Å²) in [5, 5.41) is 0.895. The lowest BCUT2D eigenvalue weighted by Gasteiger charge is -2.14. The summed E-state index contributed by atoms with van der Waals surface area (Å²) in [6.07, 6.45) is 0. The van der Waals surface area contributed by atoms with Crippen molar-refractivity contribution in [1.29, 1.82) is 0 Å². The number of hydrogen-bond acceptors (Lipinski definition) is 3. The number of aromatic nitrogens is 2. The summed E-state index contributed by atoms with van der Waals surface area (Å²) < 4.78 is 8.20. The molecule has 0 saturated carbocycles. The summed E-state index contributed by atoms with van der Waals surface area (Å²) in [7, 11) is 1.33. The number of carbonyl (C=O) groups excluding carboxylic acids is 1. The predicted molar refractivity (Wildman–Crippen MR) is 121 cm³/mol. The average molecular weight is 408 g/mol. The zero-order valence-electron chi connectivity index (χ0n) is 17.0. The zero-order valence-corrected chi connectivity index (χ0v) is 17.0. The summed E-state index contributed by atoms with van der Waals surface area (Å²) in [6, 6.07) is 29.1. The Kier molecular flexibility index (Phi) is 4.64. The highest BCUT2D eigenvalue weighted by Gasteiger charge is 2.23. The van der Waals surface area contributed by atoms with Crippen LogP contribution in [0.5, 0.6) is 0 Å². The first-order chi connectivity index (χ1) is 15.2. The lowest BCUT2D eigenvalue weighted by atomic mass is 10.0. The maximum absolute atomic E-state index is 13.8. The number of rotatable bonds is 4. The lowest BCUT2D eigenvalue weighted by molar-refractivity contribution is 0.0592. The second-order valence-corrected chi connectivity index (χ2v) is 7.36. The fourth-order valence-corrected chi connectivity index (χ4v) is 4.12. The molecular formula is C26H20N2O3. The highest BCUT2D eigenvalue weighted by atomic mass is 16.5. The molecule has 5 nitrogen and oxygen atoms in total. The molecule has 0 spiro atoms. The van der Waals surface area contributed by atoms with E-state index in [9.17, 15) is 9.59 Å². The standard InChI is InChI=1S/C26H20N2O3/c1-31-25(29)23-16-21(19-12-6-3-7-13-19)24-20-14-8-9-15-22(20)27(26(30)28(23)24)17-18-10-4-2-5-11-18/h2-16H,17H2,1H3. The van der Waals surface area contributed by atoms with Gasteiger partial charge >= 0.3 is 11.7 Å². The number of benzene rings is 3. The van der Waals surface area contributed by atoms with Crippen molar-refractivity contribution in [2.45, 2.75) is 6.54 Å². The maximum Gasteiger partial charge on any atom is 0.355 e. The van der Waals surface area contributed by atoms with Crippen LogP contribution in [0, 0.1) is 0 Å². The van der Waals surface area contributed by atoms with Gasteiger partial charge in [-0.3, -0.25) is 8.97 Å². The summed E-state index contributed by atoms with van der Waals surface area (Å²) in [6.45, 7) is 0.398. The molecule has 0 radical (unpaired) electrons. The molecule has 5 heteroatoms. The first-order valence-corrected chi connectivity index (χ1v) is 10.0. The third-order valence-electron chi connectivity index (χ3n) is 5.54. The number of fused-ring (bicyclic) bond motifs is 3. The average Bonchev–Trinajstić information content (AvgIpc) is 3.23. The van der Waals surface area contributed by atoms with Crippen LogP contribution in [0.15, 0.2) is 95.8 Å². The molecule has 152 valence electrons. The zero-order chi connectivity index (χ0) is 21.4. The van der Waals surface area contributed by atoms with E-state index in [-0.39, 0.29) is 11.4 Å². The van der Waals surface area contributed by atoms with Crippen molar-refractivity contribution in [3.63, 3.8) is 0 Å². The molecule has 3 aromatic carbocycles. The van der Waals surface area contributed by atoms with Gasteiger partial charge in [-0.25, -0.2) is 9.59 Å². The van der Waals surface area contributed by atoms with Crippen LogP contribution in [-0.2, 0) is 11.3 Å². The van der Waals surface area contributed by atoms with Gasteiger partial charge in [0, 0.05) is 10.9 Å². The largest absolute Gasteiger partial charge is 0.464 e. The third-order valence-corrected chi connectivity index (χ3v) is 5.54. The molecule has 0 bridgehead atoms. The first-order valence-electron chi connectivity index (χ1n) is 10.0. The summed E-state index contributed by atoms with van der Waals surface area (Å²) in [5.74, 6) is -0.546. The Balaban J connectivity index is 1.92. The Bertz CT molecular complexity index is 1470. The van der Waals surface area contributed by atoms with Gasteiger partial charge in [0.2, 0.25) is 0 Å². The molecule has 0 amide bonds. The number of esters is 1. The van der Waals surface area contributed by atoms with Gasteiger partial charge in [0.15, 0.2) is 0 Å². The normalized spacial score (nSPS) is 11.1. The van der Waals surface area contributed by atoms with Gasteiger partial charge in [-0.15, -0.1) is 0 Å². The lowest BCUT2D eigenvalue weighted by Crippen LogP contribution is -2.29. The Morgan fingerprint density at radius 2 is 1.52 bits per heavy atom. The van der Waals surface area contributed by atoms with Gasteiger partial charge < -0.3 is 4.74 Å². The minimum Gasteiger partial charge on any atom is -0.464 e. The fourth-order valence-electron chi connectivity index (χ4n) is 4.12. The topological polar surface area (TPSA) is 52.7 Å². The Labute approximate surface area is 178 Å². The van der Waals surface area contributed by atoms with E-state index in [1.54, 1.807) is 10.6 Å². The van der Waals surface area contributed by atoms with Crippen molar-refractivity contribution in [1.82, 2.24) is 8.97 Å². The molecule has 0 N–H and O–H groups in total. The second kappa shape index (κ2) is 7.61. The van der Waals surface area contributed by atoms with Crippen LogP contribution in [0.3, 0.4) is 0 Å². The van der Waals surface area contributed by atoms with Crippen molar-refractivity contribution >= 4 is 22.4 Å². The third kappa shape index (κ3) is 3.11. The van der Waals surface area contributed by atoms with Gasteiger partial charge in [-0.1, -0.05) is 78.9 Å². The molecule has 0 atom stereocenters. The van der Waals surface area contributed by atoms with Crippen LogP contribution >= 0.6 is 0 Å². The second-order valence-electron chi connectivity index (χ2n) is 7.36. The highest BCUT2D eigenvalue weighted by Crippen LogP contribution is 2.32. The Hall–Kier alpha value is -4.12. The molecule has 0 unspecified atom stereocenters. The summed E-state index contributed by atoms with van der Waals surface area (Å²) >= 11 is 0. The number of nitrogens with zero attached hydrogens (tertiary/aromatic N) is 2. The van der Waals surface area contributed by atoms with Crippen LogP contribution in [0.25, 0.3) is 27.5 Å². The van der Waals surface area contributed by atoms with Crippen molar-refractivity contribution in [2.24, 2.45) is 0 Å². The van der Waals surface area contributed by atoms with E-state index in [0.29, 0.717) is 12.1 Å². The molecule has 2 heterocycles. The molecular weight excluding hydrogens is 388 g/mol. The van der Waals surface area contributed by atoms with E-state index in [4.69, 9.17) is 4.74 Å². The monoisotopic (exact) mass is 408 g/mol. The van der Waals surface area contributed by atoms with Crippen LogP contribution in [-0.4, -0.2) is 22.0 Å². The van der Waals surface area contributed by atoms with Crippen LogP contribution in [0.2, 0.25) is 0 Å². The van der Waals surface area contributed by atoms with Crippen LogP contribution in [0.4, 0.5) is 0 Å². The Morgan fingerprint density at radius 3 is 2.23 bits per heavy atom. The molecule has 5 rings (SSSR count). The quantitative estimate of drug-likeness (QED) is 0.403. The highest BCUT2D eigenvalue weighted by molar-refractivity contribution is 6.05. The number of methoxy groups -OCH3 is 1. The summed E-state index contributed by atoms with van der Waals surface area (Å²) in [5.41, 5.74) is 4.21. The molecule has 0 fully saturated rings. The van der Waals surface area contributed by atoms with Gasteiger partial charge in [0.25, 0.3) is 0 Å². The van der Waals surface area contributed by atoms with Crippen LogP contribution < -0.4 is 5.69 Å². The van der Waals surface area contributed by atoms with E-state index < -0.39 is 5.97 Å². The van der Waals surface area contributed by atoms with E-state index in [2.05, 4.69) is 0 Å². The van der Waals surface area contributed by atoms with Crippen molar-refractivity contribution in [3.8, 4) is 11.1 Å². The molecule has 0 saturated heterocycles. The fraction of sp³-hybridized carbons (Fsp3) is 0.0769. The van der Waals surface area contributed by atoms with E-state index in [1.807, 2.05) is 84.9 Å². The number of carbonyl (C=O) groups is 1. The first kappa shape index (κ1) is 18.9. The minimum absolute atomic E-state index is 0.217. The predicted octanol–water partition coefficient (Wildman–Crippen LogP) is 4.76. The molecule has 2 aromatic heterocycles. The van der Waals surface area contributed by atoms with E-state index in [0.717, 1.165) is 27.6 Å². The molecule has 0 aliphatic rings. The van der Waals surface area contributed by atoms with Gasteiger partial charge in [-0.2, -0.15) is 0 Å². The molecule has 5 aromatic rings. The van der Waals surface area contributed by atoms with E-state index >= 15 is 0 Å².